The summed E-state index contributed by atoms with van der Waals surface area (Å²) in [6.45, 7) is 6.00. The van der Waals surface area contributed by atoms with Gasteiger partial charge < -0.3 is 4.74 Å². The van der Waals surface area contributed by atoms with Crippen LogP contribution in [0.1, 0.15) is 42.3 Å². The molecule has 1 aliphatic rings. The van der Waals surface area contributed by atoms with Crippen molar-refractivity contribution in [3.05, 3.63) is 34.6 Å². The Bertz CT molecular complexity index is 595. The number of carbonyl (C=O) groups is 2. The standard InChI is InChI=1S/C15H17BrFNO3/c1-15(2,3)21-14(20)18-7-9-4-11(13(19)6-16)12(17)5-10(9)8-18/h4-5H,6-8H2,1-3H3. The van der Waals surface area contributed by atoms with Crippen molar-refractivity contribution in [2.75, 3.05) is 5.33 Å². The molecule has 0 spiro atoms. The highest BCUT2D eigenvalue weighted by Gasteiger charge is 2.29. The maximum atomic E-state index is 13.9. The van der Waals surface area contributed by atoms with Crippen LogP contribution >= 0.6 is 15.9 Å². The normalized spacial score (nSPS) is 14.0. The van der Waals surface area contributed by atoms with Crippen molar-refractivity contribution in [1.82, 2.24) is 4.90 Å². The van der Waals surface area contributed by atoms with Crippen LogP contribution < -0.4 is 0 Å². The molecule has 0 atom stereocenters. The van der Waals surface area contributed by atoms with Gasteiger partial charge in [0.05, 0.1) is 10.9 Å². The van der Waals surface area contributed by atoms with Crippen LogP contribution in [0.25, 0.3) is 0 Å². The molecule has 0 fully saturated rings. The summed E-state index contributed by atoms with van der Waals surface area (Å²) in [6, 6.07) is 2.86. The largest absolute Gasteiger partial charge is 0.444 e. The van der Waals surface area contributed by atoms with Crippen LogP contribution in [-0.4, -0.2) is 27.7 Å². The zero-order chi connectivity index (χ0) is 15.8. The predicted octanol–water partition coefficient (Wildman–Crippen LogP) is 3.65. The van der Waals surface area contributed by atoms with Crippen LogP contribution in [0.5, 0.6) is 0 Å². The summed E-state index contributed by atoms with van der Waals surface area (Å²) in [4.78, 5) is 25.2. The van der Waals surface area contributed by atoms with Gasteiger partial charge in [-0.15, -0.1) is 0 Å². The topological polar surface area (TPSA) is 46.6 Å². The van der Waals surface area contributed by atoms with Crippen molar-refractivity contribution >= 4 is 27.8 Å². The Labute approximate surface area is 131 Å². The average Bonchev–Trinajstić information content (AvgIpc) is 2.77. The zero-order valence-electron chi connectivity index (χ0n) is 12.2. The minimum atomic E-state index is -0.575. The lowest BCUT2D eigenvalue weighted by Gasteiger charge is -2.24. The highest BCUT2D eigenvalue weighted by molar-refractivity contribution is 9.09. The predicted molar refractivity (Wildman–Crippen MR) is 80.0 cm³/mol. The van der Waals surface area contributed by atoms with Gasteiger partial charge in [-0.1, -0.05) is 15.9 Å². The molecule has 0 radical (unpaired) electrons. The van der Waals surface area contributed by atoms with E-state index in [9.17, 15) is 14.0 Å². The van der Waals surface area contributed by atoms with Gasteiger partial charge in [-0.2, -0.15) is 0 Å². The number of nitrogens with zero attached hydrogens (tertiary/aromatic N) is 1. The number of Topliss-reactive ketones (excluding diaryl/α,β-unsaturated/α-hetero) is 1. The molecule has 0 saturated carbocycles. The number of benzene rings is 1. The summed E-state index contributed by atoms with van der Waals surface area (Å²) in [5, 5.41) is 0.0679. The molecule has 1 aliphatic heterocycles. The van der Waals surface area contributed by atoms with Crippen LogP contribution in [-0.2, 0) is 17.8 Å². The van der Waals surface area contributed by atoms with Gasteiger partial charge in [0, 0.05) is 13.1 Å². The molecule has 1 amide bonds. The van der Waals surface area contributed by atoms with E-state index in [1.165, 1.54) is 17.0 Å². The molecule has 114 valence electrons. The van der Waals surface area contributed by atoms with Crippen molar-refractivity contribution in [1.29, 1.82) is 0 Å². The van der Waals surface area contributed by atoms with Crippen molar-refractivity contribution in [2.24, 2.45) is 0 Å². The van der Waals surface area contributed by atoms with Gasteiger partial charge in [0.1, 0.15) is 11.4 Å². The molecule has 6 heteroatoms. The Morgan fingerprint density at radius 2 is 1.86 bits per heavy atom. The Hall–Kier alpha value is -1.43. The third-order valence-electron chi connectivity index (χ3n) is 3.09. The SMILES string of the molecule is CC(C)(C)OC(=O)N1Cc2cc(F)c(C(=O)CBr)cc2C1. The smallest absolute Gasteiger partial charge is 0.410 e. The summed E-state index contributed by atoms with van der Waals surface area (Å²) >= 11 is 3.03. The highest BCUT2D eigenvalue weighted by Crippen LogP contribution is 2.27. The summed E-state index contributed by atoms with van der Waals surface area (Å²) in [6.07, 6.45) is -0.438. The van der Waals surface area contributed by atoms with Gasteiger partial charge in [-0.25, -0.2) is 9.18 Å². The third kappa shape index (κ3) is 3.61. The van der Waals surface area contributed by atoms with Crippen molar-refractivity contribution in [2.45, 2.75) is 39.5 Å². The van der Waals surface area contributed by atoms with E-state index in [-0.39, 0.29) is 16.7 Å². The number of rotatable bonds is 2. The molecule has 0 aromatic heterocycles. The van der Waals surface area contributed by atoms with Gasteiger partial charge in [0.2, 0.25) is 0 Å². The van der Waals surface area contributed by atoms with Crippen LogP contribution in [0, 0.1) is 5.82 Å². The van der Waals surface area contributed by atoms with Crippen molar-refractivity contribution in [3.8, 4) is 0 Å². The number of hydrogen-bond acceptors (Lipinski definition) is 3. The second-order valence-corrected chi connectivity index (χ2v) is 6.55. The zero-order valence-corrected chi connectivity index (χ0v) is 13.8. The number of fused-ring (bicyclic) bond motifs is 1. The molecule has 21 heavy (non-hydrogen) atoms. The minimum absolute atomic E-state index is 0.0525. The Morgan fingerprint density at radius 3 is 2.38 bits per heavy atom. The van der Waals surface area contributed by atoms with E-state index in [1.807, 2.05) is 0 Å². The first-order valence-corrected chi connectivity index (χ1v) is 7.72. The monoisotopic (exact) mass is 357 g/mol. The van der Waals surface area contributed by atoms with E-state index < -0.39 is 17.5 Å². The molecule has 0 unspecified atom stereocenters. The van der Waals surface area contributed by atoms with Crippen LogP contribution in [0.2, 0.25) is 0 Å². The van der Waals surface area contributed by atoms with E-state index in [4.69, 9.17) is 4.74 Å². The molecule has 4 nitrogen and oxygen atoms in total. The van der Waals surface area contributed by atoms with E-state index in [2.05, 4.69) is 15.9 Å². The summed E-state index contributed by atoms with van der Waals surface area (Å²) in [5.41, 5.74) is 0.974. The van der Waals surface area contributed by atoms with Gasteiger partial charge in [-0.3, -0.25) is 9.69 Å². The fraction of sp³-hybridized carbons (Fsp3) is 0.467. The number of amides is 1. The second kappa shape index (κ2) is 5.75. The van der Waals surface area contributed by atoms with Gasteiger partial charge in [0.15, 0.2) is 5.78 Å². The Balaban J connectivity index is 2.20. The first-order valence-electron chi connectivity index (χ1n) is 6.59. The first-order chi connectivity index (χ1) is 9.71. The molecular weight excluding hydrogens is 341 g/mol. The van der Waals surface area contributed by atoms with Crippen LogP contribution in [0.4, 0.5) is 9.18 Å². The second-order valence-electron chi connectivity index (χ2n) is 5.99. The molecule has 1 aromatic rings. The maximum Gasteiger partial charge on any atom is 0.410 e. The highest BCUT2D eigenvalue weighted by atomic mass is 79.9. The van der Waals surface area contributed by atoms with Crippen molar-refractivity contribution < 1.29 is 18.7 Å². The number of ether oxygens (including phenoxy) is 1. The first kappa shape index (κ1) is 15.9. The van der Waals surface area contributed by atoms with Gasteiger partial charge in [-0.05, 0) is 44.0 Å². The maximum absolute atomic E-state index is 13.9. The van der Waals surface area contributed by atoms with E-state index in [1.54, 1.807) is 20.8 Å². The molecule has 1 aromatic carbocycles. The number of halogens is 2. The fourth-order valence-corrected chi connectivity index (χ4v) is 2.46. The molecule has 0 N–H and O–H groups in total. The lowest BCUT2D eigenvalue weighted by Crippen LogP contribution is -2.33. The summed E-state index contributed by atoms with van der Waals surface area (Å²) < 4.78 is 19.2. The van der Waals surface area contributed by atoms with E-state index >= 15 is 0 Å². The molecule has 0 aliphatic carbocycles. The summed E-state index contributed by atoms with van der Waals surface area (Å²) in [7, 11) is 0. The van der Waals surface area contributed by atoms with Crippen molar-refractivity contribution in [3.63, 3.8) is 0 Å². The van der Waals surface area contributed by atoms with Crippen LogP contribution in [0.3, 0.4) is 0 Å². The lowest BCUT2D eigenvalue weighted by molar-refractivity contribution is 0.0241. The van der Waals surface area contributed by atoms with E-state index in [0.29, 0.717) is 18.7 Å². The fourth-order valence-electron chi connectivity index (χ4n) is 2.16. The molecule has 1 heterocycles. The number of alkyl halides is 1. The minimum Gasteiger partial charge on any atom is -0.444 e. The quantitative estimate of drug-likeness (QED) is 0.599. The Kier molecular flexibility index (Phi) is 4.37. The molecule has 0 bridgehead atoms. The number of hydrogen-bond donors (Lipinski definition) is 0. The van der Waals surface area contributed by atoms with Crippen LogP contribution in [0.15, 0.2) is 12.1 Å². The molecule has 0 saturated heterocycles. The van der Waals surface area contributed by atoms with Gasteiger partial charge >= 0.3 is 6.09 Å². The lowest BCUT2D eigenvalue weighted by atomic mass is 10.0. The number of ketones is 1. The van der Waals surface area contributed by atoms with Gasteiger partial charge in [0.25, 0.3) is 0 Å². The molecular formula is C15H17BrFNO3. The third-order valence-corrected chi connectivity index (χ3v) is 3.59. The summed E-state index contributed by atoms with van der Waals surface area (Å²) in [5.74, 6) is -0.866. The van der Waals surface area contributed by atoms with E-state index in [0.717, 1.165) is 5.56 Å². The average molecular weight is 358 g/mol. The molecule has 2 rings (SSSR count). The Morgan fingerprint density at radius 1 is 1.29 bits per heavy atom. The number of carbonyl (C=O) groups excluding carboxylic acids is 2.